The number of sulfonamides is 1. The second-order valence-electron chi connectivity index (χ2n) is 6.69. The minimum Gasteiger partial charge on any atom is -0.347 e. The predicted molar refractivity (Wildman–Crippen MR) is 86.5 cm³/mol. The molecule has 2 heterocycles. The van der Waals surface area contributed by atoms with Gasteiger partial charge in [0.1, 0.15) is 0 Å². The Kier molecular flexibility index (Phi) is 3.10. The highest BCUT2D eigenvalue weighted by molar-refractivity contribution is 7.91. The number of primary sulfonamides is 1. The Morgan fingerprint density at radius 3 is 2.82 bits per heavy atom. The maximum atomic E-state index is 12.5. The number of nitrogens with two attached hydrogens (primary N) is 1. The van der Waals surface area contributed by atoms with E-state index in [2.05, 4.69) is 4.98 Å². The molecule has 0 spiro atoms. The molecule has 2 saturated carbocycles. The molecule has 0 amide bonds. The predicted octanol–water partition coefficient (Wildman–Crippen LogP) is 2.11. The highest BCUT2D eigenvalue weighted by Crippen LogP contribution is 2.60. The van der Waals surface area contributed by atoms with Crippen LogP contribution in [-0.2, 0) is 10.0 Å². The molecule has 2 aliphatic carbocycles. The van der Waals surface area contributed by atoms with Crippen LogP contribution in [0.25, 0.3) is 6.08 Å². The van der Waals surface area contributed by atoms with E-state index in [4.69, 9.17) is 5.14 Å². The molecule has 3 aliphatic rings. The fourth-order valence-corrected chi connectivity index (χ4v) is 5.96. The lowest BCUT2D eigenvalue weighted by Gasteiger charge is -2.36. The Bertz CT molecular complexity index is 725. The summed E-state index contributed by atoms with van der Waals surface area (Å²) in [5.74, 6) is 0.659. The third-order valence-electron chi connectivity index (χ3n) is 5.55. The highest BCUT2D eigenvalue weighted by Gasteiger charge is 2.68. The van der Waals surface area contributed by atoms with Crippen LogP contribution in [0.3, 0.4) is 0 Å². The quantitative estimate of drug-likeness (QED) is 0.926. The van der Waals surface area contributed by atoms with Crippen molar-refractivity contribution in [3.05, 3.63) is 30.1 Å². The second kappa shape index (κ2) is 4.80. The summed E-state index contributed by atoms with van der Waals surface area (Å²) in [5.41, 5.74) is 1.90. The Morgan fingerprint density at radius 2 is 2.09 bits per heavy atom. The van der Waals surface area contributed by atoms with Crippen molar-refractivity contribution in [1.82, 2.24) is 4.98 Å². The van der Waals surface area contributed by atoms with E-state index in [1.807, 2.05) is 23.1 Å². The van der Waals surface area contributed by atoms with Gasteiger partial charge in [-0.3, -0.25) is 4.98 Å². The number of pyridine rings is 1. The van der Waals surface area contributed by atoms with Crippen molar-refractivity contribution in [2.75, 3.05) is 11.4 Å². The molecule has 2 atom stereocenters. The van der Waals surface area contributed by atoms with Gasteiger partial charge in [0.25, 0.3) is 0 Å². The molecule has 0 bridgehead atoms. The molecule has 22 heavy (non-hydrogen) atoms. The van der Waals surface area contributed by atoms with Crippen molar-refractivity contribution in [2.24, 2.45) is 17.0 Å². The van der Waals surface area contributed by atoms with Gasteiger partial charge in [-0.05, 0) is 18.4 Å². The normalized spacial score (nSPS) is 31.3. The van der Waals surface area contributed by atoms with Crippen LogP contribution in [0, 0.1) is 11.8 Å². The lowest BCUT2D eigenvalue weighted by Crippen LogP contribution is -2.50. The number of nitrogens with zero attached hydrogens (tertiary/aromatic N) is 2. The van der Waals surface area contributed by atoms with E-state index in [1.54, 1.807) is 12.4 Å². The molecule has 0 radical (unpaired) electrons. The molecule has 4 rings (SSSR count). The van der Waals surface area contributed by atoms with Crippen LogP contribution in [0.1, 0.15) is 37.7 Å². The van der Waals surface area contributed by atoms with E-state index in [0.717, 1.165) is 24.1 Å². The lowest BCUT2D eigenvalue weighted by molar-refractivity contribution is 0.444. The van der Waals surface area contributed by atoms with Crippen molar-refractivity contribution in [3.63, 3.8) is 0 Å². The summed E-state index contributed by atoms with van der Waals surface area (Å²) < 4.78 is 25.0. The highest BCUT2D eigenvalue weighted by atomic mass is 32.2. The molecule has 0 aromatic carbocycles. The van der Waals surface area contributed by atoms with Gasteiger partial charge in [0.05, 0.1) is 0 Å². The average Bonchev–Trinajstić information content (AvgIpc) is 3.04. The average molecular weight is 319 g/mol. The molecule has 5 nitrogen and oxygen atoms in total. The molecule has 0 saturated heterocycles. The van der Waals surface area contributed by atoms with E-state index in [9.17, 15) is 8.42 Å². The van der Waals surface area contributed by atoms with Crippen LogP contribution < -0.4 is 10.0 Å². The Balaban J connectivity index is 1.76. The van der Waals surface area contributed by atoms with Gasteiger partial charge in [0, 0.05) is 36.1 Å². The van der Waals surface area contributed by atoms with Gasteiger partial charge in [0.15, 0.2) is 4.87 Å². The zero-order valence-electron chi connectivity index (χ0n) is 12.5. The third kappa shape index (κ3) is 1.93. The van der Waals surface area contributed by atoms with Crippen LogP contribution in [0.5, 0.6) is 0 Å². The number of hydrogen-bond acceptors (Lipinski definition) is 4. The van der Waals surface area contributed by atoms with Crippen molar-refractivity contribution in [3.8, 4) is 0 Å². The molecule has 2 fully saturated rings. The standard InChI is InChI=1S/C16H21N3O2S/c17-22(20,21)16(10-14(16)12-4-1-2-5-12)19-9-3-6-13-11-18-8-7-15(13)19/h3,6-8,11-12,14H,1-2,4-5,9-10H2,(H2,17,20,21). The van der Waals surface area contributed by atoms with Crippen molar-refractivity contribution >= 4 is 21.8 Å². The Morgan fingerprint density at radius 1 is 1.32 bits per heavy atom. The van der Waals surface area contributed by atoms with Crippen molar-refractivity contribution < 1.29 is 8.42 Å². The van der Waals surface area contributed by atoms with Crippen molar-refractivity contribution in [1.29, 1.82) is 0 Å². The van der Waals surface area contributed by atoms with Gasteiger partial charge in [-0.2, -0.15) is 0 Å². The van der Waals surface area contributed by atoms with E-state index in [0.29, 0.717) is 18.9 Å². The van der Waals surface area contributed by atoms with Crippen LogP contribution in [0.4, 0.5) is 5.69 Å². The molecule has 6 heteroatoms. The van der Waals surface area contributed by atoms with Gasteiger partial charge < -0.3 is 4.90 Å². The fourth-order valence-electron chi connectivity index (χ4n) is 4.46. The number of hydrogen-bond donors (Lipinski definition) is 1. The summed E-state index contributed by atoms with van der Waals surface area (Å²) in [5, 5.41) is 5.71. The van der Waals surface area contributed by atoms with Gasteiger partial charge in [0.2, 0.25) is 10.0 Å². The van der Waals surface area contributed by atoms with Crippen molar-refractivity contribution in [2.45, 2.75) is 37.0 Å². The second-order valence-corrected chi connectivity index (χ2v) is 8.49. The van der Waals surface area contributed by atoms with Gasteiger partial charge in [-0.1, -0.05) is 37.8 Å². The first-order valence-electron chi connectivity index (χ1n) is 7.94. The summed E-state index contributed by atoms with van der Waals surface area (Å²) in [7, 11) is -3.65. The fraction of sp³-hybridized carbons (Fsp3) is 0.562. The van der Waals surface area contributed by atoms with E-state index >= 15 is 0 Å². The summed E-state index contributed by atoms with van der Waals surface area (Å²) in [6, 6.07) is 1.90. The van der Waals surface area contributed by atoms with Crippen LogP contribution >= 0.6 is 0 Å². The van der Waals surface area contributed by atoms with Gasteiger partial charge in [-0.25, -0.2) is 13.6 Å². The summed E-state index contributed by atoms with van der Waals surface area (Å²) >= 11 is 0. The third-order valence-corrected chi connectivity index (χ3v) is 7.23. The molecular formula is C16H21N3O2S. The van der Waals surface area contributed by atoms with E-state index in [1.165, 1.54) is 12.8 Å². The molecule has 1 aromatic heterocycles. The first kappa shape index (κ1) is 14.2. The SMILES string of the molecule is NS(=O)(=O)C1(N2CC=Cc3cnccc32)CC1C1CCCC1. The minimum absolute atomic E-state index is 0.164. The summed E-state index contributed by atoms with van der Waals surface area (Å²) in [6.07, 6.45) is 12.8. The van der Waals surface area contributed by atoms with E-state index in [-0.39, 0.29) is 5.92 Å². The van der Waals surface area contributed by atoms with Gasteiger partial charge >= 0.3 is 0 Å². The molecular weight excluding hydrogens is 298 g/mol. The summed E-state index contributed by atoms with van der Waals surface area (Å²) in [6.45, 7) is 0.594. The first-order chi connectivity index (χ1) is 10.5. The van der Waals surface area contributed by atoms with Gasteiger partial charge in [-0.15, -0.1) is 0 Å². The summed E-state index contributed by atoms with van der Waals surface area (Å²) in [4.78, 5) is 5.22. The Labute approximate surface area is 131 Å². The Hall–Kier alpha value is -1.40. The van der Waals surface area contributed by atoms with E-state index < -0.39 is 14.9 Å². The largest absolute Gasteiger partial charge is 0.347 e. The molecule has 1 aromatic rings. The number of anilines is 1. The monoisotopic (exact) mass is 319 g/mol. The number of aromatic nitrogens is 1. The first-order valence-corrected chi connectivity index (χ1v) is 9.49. The molecule has 2 unspecified atom stereocenters. The van der Waals surface area contributed by atoms with Crippen LogP contribution in [0.2, 0.25) is 0 Å². The minimum atomic E-state index is -3.65. The molecule has 2 N–H and O–H groups in total. The number of rotatable bonds is 3. The topological polar surface area (TPSA) is 76.3 Å². The smallest absolute Gasteiger partial charge is 0.233 e. The maximum Gasteiger partial charge on any atom is 0.233 e. The van der Waals surface area contributed by atoms with Crippen LogP contribution in [-0.4, -0.2) is 24.8 Å². The van der Waals surface area contributed by atoms with Crippen LogP contribution in [0.15, 0.2) is 24.5 Å². The lowest BCUT2D eigenvalue weighted by atomic mass is 10.0. The maximum absolute atomic E-state index is 12.5. The molecule has 118 valence electrons. The zero-order valence-corrected chi connectivity index (χ0v) is 13.3. The zero-order chi connectivity index (χ0) is 15.4. The molecule has 1 aliphatic heterocycles. The number of fused-ring (bicyclic) bond motifs is 1.